The van der Waals surface area contributed by atoms with Crippen LogP contribution in [0.3, 0.4) is 0 Å². The molecule has 11 aromatic rings. The van der Waals surface area contributed by atoms with E-state index in [0.717, 1.165) is 33.4 Å². The van der Waals surface area contributed by atoms with Crippen molar-refractivity contribution in [1.29, 1.82) is 0 Å². The van der Waals surface area contributed by atoms with Crippen molar-refractivity contribution < 1.29 is 0 Å². The summed E-state index contributed by atoms with van der Waals surface area (Å²) in [7, 11) is 0. The van der Waals surface area contributed by atoms with E-state index in [2.05, 4.69) is 162 Å². The summed E-state index contributed by atoms with van der Waals surface area (Å²) in [5.74, 6) is 0. The third-order valence-electron chi connectivity index (χ3n) is 10.1. The molecule has 222 valence electrons. The molecule has 0 bridgehead atoms. The largest absolute Gasteiger partial charge is 0.309 e. The van der Waals surface area contributed by atoms with E-state index in [1.165, 1.54) is 69.1 Å². The van der Waals surface area contributed by atoms with E-state index >= 15 is 0 Å². The summed E-state index contributed by atoms with van der Waals surface area (Å²) in [5, 5.41) is 11.5. The number of rotatable bonds is 3. The first-order valence-corrected chi connectivity index (χ1v) is 17.2. The third kappa shape index (κ3) is 3.65. The fourth-order valence-corrected chi connectivity index (χ4v) is 9.11. The number of aromatic nitrogens is 2. The van der Waals surface area contributed by atoms with Crippen LogP contribution in [0, 0.1) is 0 Å². The van der Waals surface area contributed by atoms with E-state index in [9.17, 15) is 0 Å². The molecule has 0 saturated heterocycles. The Labute approximate surface area is 280 Å². The van der Waals surface area contributed by atoms with Gasteiger partial charge in [-0.3, -0.25) is 0 Å². The van der Waals surface area contributed by atoms with Gasteiger partial charge in [-0.25, -0.2) is 4.98 Å². The minimum absolute atomic E-state index is 1.00. The number of fused-ring (bicyclic) bond motifs is 2. The monoisotopic (exact) mass is 626 g/mol. The van der Waals surface area contributed by atoms with Crippen molar-refractivity contribution in [2.24, 2.45) is 0 Å². The van der Waals surface area contributed by atoms with Gasteiger partial charge in [-0.2, -0.15) is 0 Å². The summed E-state index contributed by atoms with van der Waals surface area (Å²) in [5.41, 5.74) is 9.08. The molecule has 0 saturated carbocycles. The van der Waals surface area contributed by atoms with Gasteiger partial charge < -0.3 is 4.57 Å². The molecule has 3 aromatic heterocycles. The first-order chi connectivity index (χ1) is 23.8. The quantitative estimate of drug-likeness (QED) is 0.191. The number of benzene rings is 8. The Balaban J connectivity index is 1.19. The number of nitrogens with zero attached hydrogens (tertiary/aromatic N) is 2. The van der Waals surface area contributed by atoms with Crippen molar-refractivity contribution in [3.05, 3.63) is 158 Å². The minimum atomic E-state index is 1.00. The predicted molar refractivity (Wildman–Crippen MR) is 206 cm³/mol. The minimum Gasteiger partial charge on any atom is -0.309 e. The molecule has 0 fully saturated rings. The van der Waals surface area contributed by atoms with E-state index in [-0.39, 0.29) is 0 Å². The standard InChI is InChI=1S/C45H26N2S/c1-2-8-28(9-3-1)35-26-31-10-4-5-13-36(31)46-45(35)32-17-16-27-18-21-34(25-33(27)24-32)47-37-22-19-29-11-6-14-39-41(29)43(37)44-38(47)23-20-30-12-7-15-40(48-39)42(30)44/h1-26H. The molecule has 0 spiro atoms. The van der Waals surface area contributed by atoms with Gasteiger partial charge in [0.05, 0.1) is 22.2 Å². The second-order valence-corrected chi connectivity index (χ2v) is 13.8. The smallest absolute Gasteiger partial charge is 0.0788 e. The second kappa shape index (κ2) is 9.74. The first kappa shape index (κ1) is 26.1. The van der Waals surface area contributed by atoms with Crippen LogP contribution in [-0.2, 0) is 0 Å². The van der Waals surface area contributed by atoms with E-state index in [1.54, 1.807) is 0 Å². The van der Waals surface area contributed by atoms with Crippen molar-refractivity contribution in [2.45, 2.75) is 0 Å². The average Bonchev–Trinajstić information content (AvgIpc) is 3.40. The van der Waals surface area contributed by atoms with Gasteiger partial charge in [-0.1, -0.05) is 103 Å². The van der Waals surface area contributed by atoms with Gasteiger partial charge in [-0.15, -0.1) is 11.3 Å². The zero-order valence-electron chi connectivity index (χ0n) is 25.8. The Morgan fingerprint density at radius 3 is 1.81 bits per heavy atom. The van der Waals surface area contributed by atoms with Crippen LogP contribution < -0.4 is 0 Å². The maximum atomic E-state index is 5.25. The fourth-order valence-electron chi connectivity index (χ4n) is 7.94. The van der Waals surface area contributed by atoms with Crippen molar-refractivity contribution >= 4 is 85.8 Å². The Hall–Kier alpha value is -6.03. The van der Waals surface area contributed by atoms with Crippen molar-refractivity contribution in [3.8, 4) is 28.1 Å². The number of pyridine rings is 1. The molecule has 0 aliphatic heterocycles. The van der Waals surface area contributed by atoms with E-state index < -0.39 is 0 Å². The number of hydrogen-bond acceptors (Lipinski definition) is 2. The van der Waals surface area contributed by atoms with Gasteiger partial charge in [0, 0.05) is 53.1 Å². The van der Waals surface area contributed by atoms with E-state index in [0.29, 0.717) is 0 Å². The molecule has 2 nitrogen and oxygen atoms in total. The topological polar surface area (TPSA) is 17.8 Å². The van der Waals surface area contributed by atoms with Crippen LogP contribution >= 0.6 is 11.3 Å². The Morgan fingerprint density at radius 2 is 1.06 bits per heavy atom. The van der Waals surface area contributed by atoms with Crippen LogP contribution in [0.4, 0.5) is 0 Å². The molecule has 3 heterocycles. The van der Waals surface area contributed by atoms with Gasteiger partial charge in [0.25, 0.3) is 0 Å². The maximum absolute atomic E-state index is 5.25. The molecule has 8 aromatic carbocycles. The number of hydrogen-bond donors (Lipinski definition) is 0. The van der Waals surface area contributed by atoms with Crippen molar-refractivity contribution in [2.75, 3.05) is 0 Å². The van der Waals surface area contributed by atoms with Crippen LogP contribution in [0.1, 0.15) is 0 Å². The normalized spacial score (nSPS) is 12.2. The summed E-state index contributed by atoms with van der Waals surface area (Å²) in [6, 6.07) is 57.6. The lowest BCUT2D eigenvalue weighted by Crippen LogP contribution is -1.95. The van der Waals surface area contributed by atoms with Gasteiger partial charge in [0.1, 0.15) is 0 Å². The number of para-hydroxylation sites is 1. The molecule has 0 aliphatic carbocycles. The van der Waals surface area contributed by atoms with Gasteiger partial charge in [-0.05, 0) is 81.7 Å². The van der Waals surface area contributed by atoms with Crippen molar-refractivity contribution in [3.63, 3.8) is 0 Å². The molecule has 48 heavy (non-hydrogen) atoms. The van der Waals surface area contributed by atoms with E-state index in [1.807, 2.05) is 11.3 Å². The fraction of sp³-hybridized carbons (Fsp3) is 0. The summed E-state index contributed by atoms with van der Waals surface area (Å²) >= 11 is 1.90. The lowest BCUT2D eigenvalue weighted by Gasteiger charge is -2.14. The summed E-state index contributed by atoms with van der Waals surface area (Å²) < 4.78 is 5.12. The molecule has 0 aliphatic rings. The van der Waals surface area contributed by atoms with Crippen LogP contribution in [0.5, 0.6) is 0 Å². The Kier molecular flexibility index (Phi) is 5.29. The zero-order chi connectivity index (χ0) is 31.3. The predicted octanol–water partition coefficient (Wildman–Crippen LogP) is 12.8. The summed E-state index contributed by atoms with van der Waals surface area (Å²) in [4.78, 5) is 5.25. The Morgan fingerprint density at radius 1 is 0.417 bits per heavy atom. The molecule has 0 radical (unpaired) electrons. The first-order valence-electron chi connectivity index (χ1n) is 16.4. The lowest BCUT2D eigenvalue weighted by molar-refractivity contribution is 1.19. The van der Waals surface area contributed by atoms with Crippen LogP contribution in [-0.4, -0.2) is 9.55 Å². The average molecular weight is 627 g/mol. The second-order valence-electron chi connectivity index (χ2n) is 12.8. The van der Waals surface area contributed by atoms with Crippen LogP contribution in [0.25, 0.3) is 102 Å². The van der Waals surface area contributed by atoms with Crippen LogP contribution in [0.15, 0.2) is 158 Å². The van der Waals surface area contributed by atoms with Gasteiger partial charge in [0.15, 0.2) is 0 Å². The molecule has 0 unspecified atom stereocenters. The van der Waals surface area contributed by atoms with Gasteiger partial charge in [0.2, 0.25) is 0 Å². The highest BCUT2D eigenvalue weighted by Gasteiger charge is 2.21. The molecule has 11 rings (SSSR count). The molecule has 0 amide bonds. The lowest BCUT2D eigenvalue weighted by atomic mass is 9.96. The van der Waals surface area contributed by atoms with Crippen molar-refractivity contribution in [1.82, 2.24) is 9.55 Å². The summed E-state index contributed by atoms with van der Waals surface area (Å²) in [6.45, 7) is 0. The molecular formula is C45H26N2S. The summed E-state index contributed by atoms with van der Waals surface area (Å²) in [6.07, 6.45) is 0. The molecule has 0 atom stereocenters. The highest BCUT2D eigenvalue weighted by Crippen LogP contribution is 2.46. The van der Waals surface area contributed by atoms with Gasteiger partial charge >= 0.3 is 0 Å². The molecule has 3 heteroatoms. The highest BCUT2D eigenvalue weighted by atomic mass is 32.1. The highest BCUT2D eigenvalue weighted by molar-refractivity contribution is 7.24. The molecule has 0 N–H and O–H groups in total. The maximum Gasteiger partial charge on any atom is 0.0788 e. The molecular weight excluding hydrogens is 601 g/mol. The SMILES string of the molecule is c1ccc(-c2cc3ccccc3nc2-c2ccc3ccc(-n4c5ccc6cccc7sc8cccc9ccc4c(c98)c5c67)cc3c2)cc1. The zero-order valence-corrected chi connectivity index (χ0v) is 26.6. The van der Waals surface area contributed by atoms with Crippen LogP contribution in [0.2, 0.25) is 0 Å². The Bertz CT molecular complexity index is 2950. The van der Waals surface area contributed by atoms with E-state index in [4.69, 9.17) is 4.98 Å². The third-order valence-corrected chi connectivity index (χ3v) is 11.2.